The fraction of sp³-hybridized carbons (Fsp3) is 0.500. The molecule has 1 unspecified atom stereocenters. The summed E-state index contributed by atoms with van der Waals surface area (Å²) in [5, 5.41) is 2.79. The highest BCUT2D eigenvalue weighted by molar-refractivity contribution is 6.00. The van der Waals surface area contributed by atoms with Gasteiger partial charge in [-0.3, -0.25) is 14.4 Å². The van der Waals surface area contributed by atoms with Crippen LogP contribution in [0.1, 0.15) is 38.2 Å². The number of carbonyl (C=O) groups is 3. The number of nitrogens with one attached hydrogen (secondary N) is 1. The SMILES string of the molecule is CC(C)c1ccc(NC(=O)CN2CC(=O)N3CCCC3C2=O)cc1. The summed E-state index contributed by atoms with van der Waals surface area (Å²) >= 11 is 0. The molecule has 2 heterocycles. The first-order valence-corrected chi connectivity index (χ1v) is 8.44. The minimum atomic E-state index is -0.371. The van der Waals surface area contributed by atoms with Gasteiger partial charge in [0.25, 0.3) is 0 Å². The maximum absolute atomic E-state index is 12.4. The molecule has 6 heteroatoms. The lowest BCUT2D eigenvalue weighted by molar-refractivity contribution is -0.154. The largest absolute Gasteiger partial charge is 0.329 e. The van der Waals surface area contributed by atoms with Crippen LogP contribution in [0.5, 0.6) is 0 Å². The minimum Gasteiger partial charge on any atom is -0.329 e. The predicted molar refractivity (Wildman–Crippen MR) is 90.5 cm³/mol. The Morgan fingerprint density at radius 3 is 2.62 bits per heavy atom. The zero-order valence-corrected chi connectivity index (χ0v) is 14.1. The monoisotopic (exact) mass is 329 g/mol. The van der Waals surface area contributed by atoms with Crippen molar-refractivity contribution in [2.45, 2.75) is 38.6 Å². The van der Waals surface area contributed by atoms with Crippen LogP contribution in [0.4, 0.5) is 5.69 Å². The van der Waals surface area contributed by atoms with Gasteiger partial charge in [-0.05, 0) is 36.5 Å². The molecule has 0 radical (unpaired) electrons. The van der Waals surface area contributed by atoms with E-state index >= 15 is 0 Å². The summed E-state index contributed by atoms with van der Waals surface area (Å²) in [4.78, 5) is 39.7. The van der Waals surface area contributed by atoms with Crippen LogP contribution in [0, 0.1) is 0 Å². The highest BCUT2D eigenvalue weighted by Gasteiger charge is 2.42. The zero-order chi connectivity index (χ0) is 17.3. The predicted octanol–water partition coefficient (Wildman–Crippen LogP) is 1.58. The number of rotatable bonds is 4. The molecule has 24 heavy (non-hydrogen) atoms. The molecule has 2 saturated heterocycles. The molecule has 0 spiro atoms. The van der Waals surface area contributed by atoms with Crippen LogP contribution in [0.25, 0.3) is 0 Å². The number of fused-ring (bicyclic) bond motifs is 1. The summed E-state index contributed by atoms with van der Waals surface area (Å²) in [6, 6.07) is 7.30. The Morgan fingerprint density at radius 1 is 1.25 bits per heavy atom. The van der Waals surface area contributed by atoms with E-state index in [0.29, 0.717) is 24.6 Å². The fourth-order valence-corrected chi connectivity index (χ4v) is 3.32. The van der Waals surface area contributed by atoms with E-state index in [4.69, 9.17) is 0 Å². The van der Waals surface area contributed by atoms with Gasteiger partial charge in [-0.1, -0.05) is 26.0 Å². The molecule has 0 aromatic heterocycles. The number of anilines is 1. The lowest BCUT2D eigenvalue weighted by Gasteiger charge is -2.35. The van der Waals surface area contributed by atoms with Gasteiger partial charge in [0.05, 0.1) is 0 Å². The Bertz CT molecular complexity index is 654. The minimum absolute atomic E-state index is 0.00492. The zero-order valence-electron chi connectivity index (χ0n) is 14.1. The Labute approximate surface area is 141 Å². The van der Waals surface area contributed by atoms with Crippen molar-refractivity contribution < 1.29 is 14.4 Å². The lowest BCUT2D eigenvalue weighted by Crippen LogP contribution is -2.58. The molecule has 0 aliphatic carbocycles. The summed E-state index contributed by atoms with van der Waals surface area (Å²) in [6.45, 7) is 4.78. The van der Waals surface area contributed by atoms with Crippen LogP contribution in [-0.4, -0.2) is 53.2 Å². The number of amides is 3. The highest BCUT2D eigenvalue weighted by atomic mass is 16.2. The number of benzene rings is 1. The first kappa shape index (κ1) is 16.5. The molecule has 2 aliphatic heterocycles. The van der Waals surface area contributed by atoms with Crippen molar-refractivity contribution in [1.82, 2.24) is 9.80 Å². The number of carbonyl (C=O) groups excluding carboxylic acids is 3. The van der Waals surface area contributed by atoms with Gasteiger partial charge in [0.2, 0.25) is 17.7 Å². The lowest BCUT2D eigenvalue weighted by atomic mass is 10.0. The molecule has 2 fully saturated rings. The standard InChI is InChI=1S/C18H23N3O3/c1-12(2)13-5-7-14(8-6-13)19-16(22)10-20-11-17(23)21-9-3-4-15(21)18(20)24/h5-8,12,15H,3-4,9-11H2,1-2H3,(H,19,22). The van der Waals surface area contributed by atoms with Gasteiger partial charge < -0.3 is 15.1 Å². The average molecular weight is 329 g/mol. The Balaban J connectivity index is 1.60. The normalized spacial score (nSPS) is 20.5. The Morgan fingerprint density at radius 2 is 1.96 bits per heavy atom. The van der Waals surface area contributed by atoms with Crippen molar-refractivity contribution in [2.75, 3.05) is 25.0 Å². The van der Waals surface area contributed by atoms with Crippen LogP contribution in [0.15, 0.2) is 24.3 Å². The third-order valence-corrected chi connectivity index (χ3v) is 4.69. The number of hydrogen-bond acceptors (Lipinski definition) is 3. The molecule has 0 bridgehead atoms. The molecule has 6 nitrogen and oxygen atoms in total. The van der Waals surface area contributed by atoms with Crippen molar-refractivity contribution in [2.24, 2.45) is 0 Å². The van der Waals surface area contributed by atoms with E-state index in [2.05, 4.69) is 19.2 Å². The maximum atomic E-state index is 12.4. The maximum Gasteiger partial charge on any atom is 0.246 e. The molecular weight excluding hydrogens is 306 g/mol. The summed E-state index contributed by atoms with van der Waals surface area (Å²) in [5.41, 5.74) is 1.90. The molecule has 128 valence electrons. The first-order valence-electron chi connectivity index (χ1n) is 8.44. The summed E-state index contributed by atoms with van der Waals surface area (Å²) in [7, 11) is 0. The molecule has 2 aliphatic rings. The summed E-state index contributed by atoms with van der Waals surface area (Å²) < 4.78 is 0. The molecular formula is C18H23N3O3. The van der Waals surface area contributed by atoms with Crippen molar-refractivity contribution in [3.05, 3.63) is 29.8 Å². The molecule has 1 atom stereocenters. The molecule has 1 aromatic carbocycles. The molecule has 3 amide bonds. The third kappa shape index (κ3) is 3.27. The van der Waals surface area contributed by atoms with Gasteiger partial charge in [-0.2, -0.15) is 0 Å². The van der Waals surface area contributed by atoms with E-state index in [1.54, 1.807) is 4.90 Å². The smallest absolute Gasteiger partial charge is 0.246 e. The van der Waals surface area contributed by atoms with Gasteiger partial charge in [0.15, 0.2) is 0 Å². The quantitative estimate of drug-likeness (QED) is 0.912. The van der Waals surface area contributed by atoms with Gasteiger partial charge in [0.1, 0.15) is 19.1 Å². The van der Waals surface area contributed by atoms with Gasteiger partial charge in [0, 0.05) is 12.2 Å². The first-order chi connectivity index (χ1) is 11.5. The van der Waals surface area contributed by atoms with Crippen LogP contribution >= 0.6 is 0 Å². The second-order valence-corrected chi connectivity index (χ2v) is 6.76. The summed E-state index contributed by atoms with van der Waals surface area (Å²) in [6.07, 6.45) is 1.55. The second kappa shape index (κ2) is 6.63. The molecule has 1 aromatic rings. The topological polar surface area (TPSA) is 69.7 Å². The van der Waals surface area contributed by atoms with Crippen molar-refractivity contribution in [3.63, 3.8) is 0 Å². The number of hydrogen-bond donors (Lipinski definition) is 1. The molecule has 3 rings (SSSR count). The summed E-state index contributed by atoms with van der Waals surface area (Å²) in [5.74, 6) is -0.0235. The van der Waals surface area contributed by atoms with Gasteiger partial charge in [-0.25, -0.2) is 0 Å². The molecule has 0 saturated carbocycles. The van der Waals surface area contributed by atoms with E-state index in [1.807, 2.05) is 24.3 Å². The van der Waals surface area contributed by atoms with E-state index < -0.39 is 0 Å². The Hall–Kier alpha value is -2.37. The van der Waals surface area contributed by atoms with Crippen LogP contribution in [0.2, 0.25) is 0 Å². The van der Waals surface area contributed by atoms with Crippen LogP contribution in [-0.2, 0) is 14.4 Å². The average Bonchev–Trinajstić information content (AvgIpc) is 3.03. The van der Waals surface area contributed by atoms with Gasteiger partial charge >= 0.3 is 0 Å². The van der Waals surface area contributed by atoms with Crippen LogP contribution < -0.4 is 5.32 Å². The van der Waals surface area contributed by atoms with Crippen LogP contribution in [0.3, 0.4) is 0 Å². The van der Waals surface area contributed by atoms with E-state index in [0.717, 1.165) is 6.42 Å². The van der Waals surface area contributed by atoms with E-state index in [1.165, 1.54) is 10.5 Å². The highest BCUT2D eigenvalue weighted by Crippen LogP contribution is 2.23. The number of piperazine rings is 1. The van der Waals surface area contributed by atoms with Crippen molar-refractivity contribution in [3.8, 4) is 0 Å². The molecule has 1 N–H and O–H groups in total. The second-order valence-electron chi connectivity index (χ2n) is 6.76. The van der Waals surface area contributed by atoms with E-state index in [-0.39, 0.29) is 36.9 Å². The van der Waals surface area contributed by atoms with Gasteiger partial charge in [-0.15, -0.1) is 0 Å². The van der Waals surface area contributed by atoms with Crippen molar-refractivity contribution in [1.29, 1.82) is 0 Å². The van der Waals surface area contributed by atoms with E-state index in [9.17, 15) is 14.4 Å². The fourth-order valence-electron chi connectivity index (χ4n) is 3.32. The Kier molecular flexibility index (Phi) is 4.55. The number of nitrogens with zero attached hydrogens (tertiary/aromatic N) is 2. The third-order valence-electron chi connectivity index (χ3n) is 4.69. The van der Waals surface area contributed by atoms with Crippen molar-refractivity contribution >= 4 is 23.4 Å².